The van der Waals surface area contributed by atoms with E-state index in [1.165, 1.54) is 0 Å². The van der Waals surface area contributed by atoms with Gasteiger partial charge in [-0.1, -0.05) is 72.8 Å². The second-order valence-electron chi connectivity index (χ2n) is 10.3. The number of hydrogen-bond acceptors (Lipinski definition) is 5. The normalized spacial score (nSPS) is 14.3. The van der Waals surface area contributed by atoms with E-state index in [0.717, 1.165) is 33.4 Å². The van der Waals surface area contributed by atoms with E-state index < -0.39 is 6.04 Å². The van der Waals surface area contributed by atoms with Gasteiger partial charge in [-0.2, -0.15) is 5.10 Å². The smallest absolute Gasteiger partial charge is 0.273 e. The minimum absolute atomic E-state index is 0.131. The van der Waals surface area contributed by atoms with Gasteiger partial charge < -0.3 is 19.5 Å². The molecule has 0 radical (unpaired) electrons. The third kappa shape index (κ3) is 4.91. The first kappa shape index (κ1) is 26.2. The van der Waals surface area contributed by atoms with E-state index in [-0.39, 0.29) is 11.7 Å². The lowest BCUT2D eigenvalue weighted by Gasteiger charge is -2.27. The summed E-state index contributed by atoms with van der Waals surface area (Å²) < 4.78 is 11.9. The number of amides is 1. The fourth-order valence-corrected chi connectivity index (χ4v) is 5.64. The number of phenolic OH excluding ortho intramolecular Hbond substituents is 1. The van der Waals surface area contributed by atoms with Gasteiger partial charge in [-0.3, -0.25) is 9.89 Å². The maximum atomic E-state index is 13.9. The average Bonchev–Trinajstić information content (AvgIpc) is 3.51. The number of hydrogen-bond donors (Lipinski definition) is 2. The molecule has 41 heavy (non-hydrogen) atoms. The molecule has 7 nitrogen and oxygen atoms in total. The highest BCUT2D eigenvalue weighted by Gasteiger charge is 2.43. The highest BCUT2D eigenvalue weighted by Crippen LogP contribution is 2.47. The van der Waals surface area contributed by atoms with Crippen LogP contribution in [0.1, 0.15) is 49.9 Å². The van der Waals surface area contributed by atoms with Crippen LogP contribution in [0.25, 0.3) is 11.3 Å². The number of nitrogens with one attached hydrogen (secondary N) is 1. The van der Waals surface area contributed by atoms with Crippen LogP contribution in [0.3, 0.4) is 0 Å². The highest BCUT2D eigenvalue weighted by atomic mass is 16.5. The van der Waals surface area contributed by atoms with Gasteiger partial charge in [0.1, 0.15) is 23.7 Å². The molecule has 0 saturated heterocycles. The Morgan fingerprint density at radius 1 is 0.902 bits per heavy atom. The zero-order chi connectivity index (χ0) is 28.5. The van der Waals surface area contributed by atoms with Crippen LogP contribution in [0.15, 0.2) is 91.0 Å². The van der Waals surface area contributed by atoms with Crippen molar-refractivity contribution < 1.29 is 19.4 Å². The minimum Gasteiger partial charge on any atom is -0.507 e. The zero-order valence-electron chi connectivity index (χ0n) is 23.2. The quantitative estimate of drug-likeness (QED) is 0.226. The lowest BCUT2D eigenvalue weighted by atomic mass is 9.93. The highest BCUT2D eigenvalue weighted by molar-refractivity contribution is 6.00. The number of carbonyl (C=O) groups is 1. The monoisotopic (exact) mass is 545 g/mol. The molecule has 1 aliphatic heterocycles. The maximum Gasteiger partial charge on any atom is 0.273 e. The Bertz CT molecular complexity index is 1690. The summed E-state index contributed by atoms with van der Waals surface area (Å²) in [6.45, 7) is 4.69. The number of rotatable bonds is 8. The van der Waals surface area contributed by atoms with Crippen LogP contribution in [0.2, 0.25) is 0 Å². The first-order chi connectivity index (χ1) is 19.9. The molecule has 0 spiro atoms. The number of phenols is 1. The third-order valence-corrected chi connectivity index (χ3v) is 7.50. The molecule has 7 heteroatoms. The molecule has 1 atom stereocenters. The molecule has 1 aliphatic rings. The Kier molecular flexibility index (Phi) is 6.93. The molecule has 206 valence electrons. The summed E-state index contributed by atoms with van der Waals surface area (Å²) in [5, 5.41) is 18.5. The first-order valence-corrected chi connectivity index (χ1v) is 13.5. The Morgan fingerprint density at radius 2 is 1.61 bits per heavy atom. The summed E-state index contributed by atoms with van der Waals surface area (Å²) in [6.07, 6.45) is 0. The number of carbonyl (C=O) groups excluding carboxylic acids is 1. The average molecular weight is 546 g/mol. The lowest BCUT2D eigenvalue weighted by Crippen LogP contribution is -2.29. The van der Waals surface area contributed by atoms with E-state index in [1.807, 2.05) is 104 Å². The fraction of sp³-hybridized carbons (Fsp3) is 0.176. The molecule has 1 unspecified atom stereocenters. The maximum absolute atomic E-state index is 13.9. The number of aromatic hydroxyl groups is 1. The molecule has 1 amide bonds. The van der Waals surface area contributed by atoms with Crippen molar-refractivity contribution in [2.75, 3.05) is 7.11 Å². The number of methoxy groups -OCH3 is 1. The van der Waals surface area contributed by atoms with Gasteiger partial charge in [0.05, 0.1) is 13.2 Å². The Balaban J connectivity index is 1.45. The number of nitrogens with zero attached hydrogens (tertiary/aromatic N) is 2. The molecule has 0 fully saturated rings. The number of fused-ring (bicyclic) bond motifs is 1. The van der Waals surface area contributed by atoms with Gasteiger partial charge in [0.15, 0.2) is 11.5 Å². The Hall–Kier alpha value is -5.04. The van der Waals surface area contributed by atoms with Crippen molar-refractivity contribution >= 4 is 5.91 Å². The number of ether oxygens (including phenoxy) is 2. The van der Waals surface area contributed by atoms with Crippen molar-refractivity contribution in [2.45, 2.75) is 33.0 Å². The van der Waals surface area contributed by atoms with E-state index in [2.05, 4.69) is 10.2 Å². The van der Waals surface area contributed by atoms with Crippen LogP contribution < -0.4 is 9.47 Å². The largest absolute Gasteiger partial charge is 0.507 e. The standard InChI is InChI=1S/C34H31N3O4/c1-21-16-22(2)29(26(38)17-21)31-30-32(36-35-31)34(39)37(19-23-10-6-4-7-11-23)33(30)25-14-15-27(28(18-25)40-3)41-20-24-12-8-5-9-13-24/h4-18,33,38H,19-20H2,1-3H3,(H,35,36). The second-order valence-corrected chi connectivity index (χ2v) is 10.3. The van der Waals surface area contributed by atoms with Crippen molar-refractivity contribution in [1.82, 2.24) is 15.1 Å². The summed E-state index contributed by atoms with van der Waals surface area (Å²) in [5.41, 5.74) is 7.07. The van der Waals surface area contributed by atoms with Gasteiger partial charge in [0, 0.05) is 17.7 Å². The molecule has 1 aromatic heterocycles. The molecule has 0 bridgehead atoms. The van der Waals surface area contributed by atoms with Crippen LogP contribution in [0, 0.1) is 13.8 Å². The van der Waals surface area contributed by atoms with Crippen LogP contribution in [0.4, 0.5) is 0 Å². The first-order valence-electron chi connectivity index (χ1n) is 13.5. The fourth-order valence-electron chi connectivity index (χ4n) is 5.64. The van der Waals surface area contributed by atoms with Gasteiger partial charge in [-0.15, -0.1) is 0 Å². The molecule has 0 aliphatic carbocycles. The molecular formula is C34H31N3O4. The van der Waals surface area contributed by atoms with Gasteiger partial charge >= 0.3 is 0 Å². The van der Waals surface area contributed by atoms with Crippen LogP contribution in [0.5, 0.6) is 17.2 Å². The summed E-state index contributed by atoms with van der Waals surface area (Å²) >= 11 is 0. The molecule has 2 N–H and O–H groups in total. The second kappa shape index (κ2) is 10.8. The van der Waals surface area contributed by atoms with Crippen LogP contribution in [-0.2, 0) is 13.2 Å². The van der Waals surface area contributed by atoms with E-state index >= 15 is 0 Å². The third-order valence-electron chi connectivity index (χ3n) is 7.50. The molecule has 0 saturated carbocycles. The predicted molar refractivity (Wildman–Crippen MR) is 157 cm³/mol. The van der Waals surface area contributed by atoms with E-state index in [4.69, 9.17) is 9.47 Å². The topological polar surface area (TPSA) is 87.7 Å². The van der Waals surface area contributed by atoms with Crippen molar-refractivity contribution in [1.29, 1.82) is 0 Å². The number of benzene rings is 4. The molecular weight excluding hydrogens is 514 g/mol. The summed E-state index contributed by atoms with van der Waals surface area (Å²) in [5.74, 6) is 1.16. The van der Waals surface area contributed by atoms with Crippen molar-refractivity contribution in [3.8, 4) is 28.5 Å². The predicted octanol–water partition coefficient (Wildman–Crippen LogP) is 6.73. The molecule has 4 aromatic carbocycles. The number of aromatic nitrogens is 2. The van der Waals surface area contributed by atoms with Gasteiger partial charge in [-0.25, -0.2) is 0 Å². The lowest BCUT2D eigenvalue weighted by molar-refractivity contribution is 0.0730. The summed E-state index contributed by atoms with van der Waals surface area (Å²) in [7, 11) is 1.61. The minimum atomic E-state index is -0.469. The Labute approximate surface area is 239 Å². The summed E-state index contributed by atoms with van der Waals surface area (Å²) in [6, 6.07) is 28.9. The van der Waals surface area contributed by atoms with E-state index in [0.29, 0.717) is 41.6 Å². The van der Waals surface area contributed by atoms with E-state index in [1.54, 1.807) is 13.2 Å². The molecule has 2 heterocycles. The number of aromatic amines is 1. The van der Waals surface area contributed by atoms with Crippen molar-refractivity contribution in [3.63, 3.8) is 0 Å². The van der Waals surface area contributed by atoms with E-state index in [9.17, 15) is 9.90 Å². The van der Waals surface area contributed by atoms with Crippen LogP contribution in [-0.4, -0.2) is 33.2 Å². The number of H-pyrrole nitrogens is 1. The SMILES string of the molecule is COc1cc(C2c3c(-c4c(C)cc(C)cc4O)n[nH]c3C(=O)N2Cc2ccccc2)ccc1OCc1ccccc1. The molecule has 6 rings (SSSR count). The van der Waals surface area contributed by atoms with Crippen molar-refractivity contribution in [2.24, 2.45) is 0 Å². The van der Waals surface area contributed by atoms with Crippen molar-refractivity contribution in [3.05, 3.63) is 130 Å². The molecule has 5 aromatic rings. The zero-order valence-corrected chi connectivity index (χ0v) is 23.2. The van der Waals surface area contributed by atoms with Gasteiger partial charge in [0.2, 0.25) is 0 Å². The number of aryl methyl sites for hydroxylation is 2. The Morgan fingerprint density at radius 3 is 2.29 bits per heavy atom. The van der Waals surface area contributed by atoms with Crippen LogP contribution >= 0.6 is 0 Å². The summed E-state index contributed by atoms with van der Waals surface area (Å²) in [4.78, 5) is 15.7. The van der Waals surface area contributed by atoms with Gasteiger partial charge in [-0.05, 0) is 59.9 Å². The van der Waals surface area contributed by atoms with Gasteiger partial charge in [0.25, 0.3) is 5.91 Å².